The van der Waals surface area contributed by atoms with Crippen molar-refractivity contribution in [3.8, 4) is 5.75 Å². The van der Waals surface area contributed by atoms with Crippen LogP contribution in [-0.2, 0) is 4.74 Å². The van der Waals surface area contributed by atoms with E-state index in [1.165, 1.54) is 19.1 Å². The van der Waals surface area contributed by atoms with Gasteiger partial charge in [0, 0.05) is 25.2 Å². The van der Waals surface area contributed by atoms with E-state index in [0.717, 1.165) is 32.8 Å². The van der Waals surface area contributed by atoms with E-state index in [0.29, 0.717) is 12.2 Å². The Balaban J connectivity index is 1.83. The minimum atomic E-state index is -0.491. The minimum absolute atomic E-state index is 0.154. The van der Waals surface area contributed by atoms with Crippen molar-refractivity contribution in [3.05, 3.63) is 29.6 Å². The Labute approximate surface area is 112 Å². The van der Waals surface area contributed by atoms with Crippen molar-refractivity contribution in [1.29, 1.82) is 0 Å². The molecule has 0 spiro atoms. The van der Waals surface area contributed by atoms with Gasteiger partial charge in [-0.15, -0.1) is 0 Å². The fourth-order valence-corrected chi connectivity index (χ4v) is 1.95. The summed E-state index contributed by atoms with van der Waals surface area (Å²) in [5, 5.41) is 0. The van der Waals surface area contributed by atoms with Crippen LogP contribution in [0.25, 0.3) is 0 Å². The van der Waals surface area contributed by atoms with Gasteiger partial charge in [-0.3, -0.25) is 9.69 Å². The number of Topliss-reactive ketones (excluding diaryl/α,β-unsaturated/α-hetero) is 1. The van der Waals surface area contributed by atoms with Gasteiger partial charge in [-0.2, -0.15) is 0 Å². The number of benzene rings is 1. The van der Waals surface area contributed by atoms with Crippen LogP contribution in [0.1, 0.15) is 17.3 Å². The zero-order chi connectivity index (χ0) is 13.7. The van der Waals surface area contributed by atoms with Gasteiger partial charge in [0.2, 0.25) is 0 Å². The molecule has 4 nitrogen and oxygen atoms in total. The molecule has 5 heteroatoms. The van der Waals surface area contributed by atoms with Crippen molar-refractivity contribution in [2.24, 2.45) is 0 Å². The average molecular weight is 267 g/mol. The maximum atomic E-state index is 13.7. The van der Waals surface area contributed by atoms with Gasteiger partial charge < -0.3 is 9.47 Å². The second-order valence-electron chi connectivity index (χ2n) is 4.50. The van der Waals surface area contributed by atoms with Crippen molar-refractivity contribution in [2.45, 2.75) is 6.92 Å². The number of ether oxygens (including phenoxy) is 2. The summed E-state index contributed by atoms with van der Waals surface area (Å²) in [4.78, 5) is 13.3. The first-order valence-electron chi connectivity index (χ1n) is 6.40. The van der Waals surface area contributed by atoms with Gasteiger partial charge >= 0.3 is 0 Å². The molecule has 0 bridgehead atoms. The molecule has 1 aromatic rings. The first kappa shape index (κ1) is 14.0. The van der Waals surface area contributed by atoms with E-state index in [-0.39, 0.29) is 11.5 Å². The standard InChI is InChI=1S/C14H18FNO3/c1-11(17)12-2-3-14(13(15)10-12)19-9-6-16-4-7-18-8-5-16/h2-3,10H,4-9H2,1H3. The van der Waals surface area contributed by atoms with Crippen LogP contribution in [0.3, 0.4) is 0 Å². The van der Waals surface area contributed by atoms with Crippen molar-refractivity contribution in [3.63, 3.8) is 0 Å². The molecule has 0 amide bonds. The highest BCUT2D eigenvalue weighted by molar-refractivity contribution is 5.94. The Morgan fingerprint density at radius 3 is 2.79 bits per heavy atom. The number of carbonyl (C=O) groups is 1. The number of rotatable bonds is 5. The topological polar surface area (TPSA) is 38.8 Å². The SMILES string of the molecule is CC(=O)c1ccc(OCCN2CCOCC2)c(F)c1. The van der Waals surface area contributed by atoms with Gasteiger partial charge in [-0.1, -0.05) is 0 Å². The predicted molar refractivity (Wildman–Crippen MR) is 69.2 cm³/mol. The van der Waals surface area contributed by atoms with E-state index in [1.54, 1.807) is 6.07 Å². The van der Waals surface area contributed by atoms with Gasteiger partial charge in [0.05, 0.1) is 13.2 Å². The number of carbonyl (C=O) groups excluding carboxylic acids is 1. The molecule has 1 saturated heterocycles. The smallest absolute Gasteiger partial charge is 0.165 e. The quantitative estimate of drug-likeness (QED) is 0.762. The van der Waals surface area contributed by atoms with Crippen LogP contribution in [-0.4, -0.2) is 50.1 Å². The van der Waals surface area contributed by atoms with E-state index in [4.69, 9.17) is 9.47 Å². The highest BCUT2D eigenvalue weighted by Crippen LogP contribution is 2.18. The normalized spacial score (nSPS) is 16.3. The Morgan fingerprint density at radius 1 is 1.42 bits per heavy atom. The number of morpholine rings is 1. The van der Waals surface area contributed by atoms with E-state index in [1.807, 2.05) is 0 Å². The van der Waals surface area contributed by atoms with Crippen LogP contribution >= 0.6 is 0 Å². The summed E-state index contributed by atoms with van der Waals surface area (Å²) in [5.41, 5.74) is 0.359. The summed E-state index contributed by atoms with van der Waals surface area (Å²) in [6, 6.07) is 4.30. The summed E-state index contributed by atoms with van der Waals surface area (Å²) in [7, 11) is 0. The molecule has 1 aliphatic heterocycles. The number of nitrogens with zero attached hydrogens (tertiary/aromatic N) is 1. The number of hydrogen-bond donors (Lipinski definition) is 0. The molecule has 1 heterocycles. The number of hydrogen-bond acceptors (Lipinski definition) is 4. The van der Waals surface area contributed by atoms with Crippen LogP contribution < -0.4 is 4.74 Å². The lowest BCUT2D eigenvalue weighted by Gasteiger charge is -2.26. The second kappa shape index (κ2) is 6.63. The monoisotopic (exact) mass is 267 g/mol. The fourth-order valence-electron chi connectivity index (χ4n) is 1.95. The van der Waals surface area contributed by atoms with E-state index >= 15 is 0 Å². The van der Waals surface area contributed by atoms with Crippen molar-refractivity contribution < 1.29 is 18.7 Å². The Bertz CT molecular complexity index is 444. The summed E-state index contributed by atoms with van der Waals surface area (Å²) in [6.45, 7) is 5.83. The Kier molecular flexibility index (Phi) is 4.87. The molecule has 2 rings (SSSR count). The van der Waals surface area contributed by atoms with Gasteiger partial charge in [0.15, 0.2) is 17.3 Å². The molecule has 0 radical (unpaired) electrons. The average Bonchev–Trinajstić information content (AvgIpc) is 2.41. The second-order valence-corrected chi connectivity index (χ2v) is 4.50. The predicted octanol–water partition coefficient (Wildman–Crippen LogP) is 1.74. The molecular formula is C14H18FNO3. The molecule has 0 unspecified atom stereocenters. The third kappa shape index (κ3) is 4.01. The summed E-state index contributed by atoms with van der Waals surface area (Å²) < 4.78 is 24.3. The van der Waals surface area contributed by atoms with E-state index in [2.05, 4.69) is 4.90 Å². The maximum absolute atomic E-state index is 13.7. The lowest BCUT2D eigenvalue weighted by atomic mass is 10.1. The summed E-state index contributed by atoms with van der Waals surface area (Å²) in [6.07, 6.45) is 0. The van der Waals surface area contributed by atoms with Crippen LogP contribution in [0, 0.1) is 5.82 Å². The molecule has 0 N–H and O–H groups in total. The van der Waals surface area contributed by atoms with Crippen molar-refractivity contribution >= 4 is 5.78 Å². The highest BCUT2D eigenvalue weighted by atomic mass is 19.1. The van der Waals surface area contributed by atoms with Gasteiger partial charge in [-0.25, -0.2) is 4.39 Å². The van der Waals surface area contributed by atoms with Gasteiger partial charge in [0.1, 0.15) is 6.61 Å². The van der Waals surface area contributed by atoms with E-state index < -0.39 is 5.82 Å². The number of ketones is 1. The molecule has 1 aliphatic rings. The Morgan fingerprint density at radius 2 is 2.16 bits per heavy atom. The van der Waals surface area contributed by atoms with Crippen LogP contribution in [0.15, 0.2) is 18.2 Å². The molecule has 0 saturated carbocycles. The molecule has 0 aromatic heterocycles. The van der Waals surface area contributed by atoms with Crippen molar-refractivity contribution in [2.75, 3.05) is 39.5 Å². The fraction of sp³-hybridized carbons (Fsp3) is 0.500. The van der Waals surface area contributed by atoms with Gasteiger partial charge in [0.25, 0.3) is 0 Å². The van der Waals surface area contributed by atoms with Crippen LogP contribution in [0.4, 0.5) is 4.39 Å². The summed E-state index contributed by atoms with van der Waals surface area (Å²) >= 11 is 0. The third-order valence-electron chi connectivity index (χ3n) is 3.11. The molecule has 104 valence electrons. The Hall–Kier alpha value is -1.46. The lowest BCUT2D eigenvalue weighted by molar-refractivity contribution is 0.0320. The first-order valence-corrected chi connectivity index (χ1v) is 6.40. The molecule has 0 aliphatic carbocycles. The first-order chi connectivity index (χ1) is 9.16. The van der Waals surface area contributed by atoms with E-state index in [9.17, 15) is 9.18 Å². The number of halogens is 1. The maximum Gasteiger partial charge on any atom is 0.165 e. The molecular weight excluding hydrogens is 249 g/mol. The zero-order valence-electron chi connectivity index (χ0n) is 11.0. The minimum Gasteiger partial charge on any atom is -0.489 e. The molecule has 1 fully saturated rings. The zero-order valence-corrected chi connectivity index (χ0v) is 11.0. The molecule has 0 atom stereocenters. The largest absolute Gasteiger partial charge is 0.489 e. The van der Waals surface area contributed by atoms with Crippen molar-refractivity contribution in [1.82, 2.24) is 4.90 Å². The molecule has 19 heavy (non-hydrogen) atoms. The lowest BCUT2D eigenvalue weighted by Crippen LogP contribution is -2.38. The summed E-state index contributed by atoms with van der Waals surface area (Å²) in [5.74, 6) is -0.452. The molecule has 1 aromatic carbocycles. The van der Waals surface area contributed by atoms with Crippen LogP contribution in [0.2, 0.25) is 0 Å². The van der Waals surface area contributed by atoms with Crippen LogP contribution in [0.5, 0.6) is 5.75 Å². The third-order valence-corrected chi connectivity index (χ3v) is 3.11. The highest BCUT2D eigenvalue weighted by Gasteiger charge is 2.11. The van der Waals surface area contributed by atoms with Gasteiger partial charge in [-0.05, 0) is 25.1 Å².